The van der Waals surface area contributed by atoms with Crippen molar-refractivity contribution < 1.29 is 27.9 Å². The van der Waals surface area contributed by atoms with Gasteiger partial charge in [-0.05, 0) is 13.3 Å². The molecule has 0 fully saturated rings. The number of carboxylic acid groups (broad SMARTS) is 1. The van der Waals surface area contributed by atoms with Crippen LogP contribution in [0, 0.1) is 0 Å². The lowest BCUT2D eigenvalue weighted by molar-refractivity contribution is -0.137. The van der Waals surface area contributed by atoms with Crippen LogP contribution < -0.4 is 10.6 Å². The Kier molecular flexibility index (Phi) is 6.37. The first-order valence-corrected chi connectivity index (χ1v) is 5.03. The second-order valence-electron chi connectivity index (χ2n) is 3.62. The molecule has 0 aliphatic rings. The quantitative estimate of drug-likeness (QED) is 0.630. The van der Waals surface area contributed by atoms with Gasteiger partial charge in [-0.1, -0.05) is 0 Å². The largest absolute Gasteiger partial charge is 0.481 e. The number of carbonyl (C=O) groups is 2. The fourth-order valence-electron chi connectivity index (χ4n) is 1.08. The van der Waals surface area contributed by atoms with Crippen molar-refractivity contribution in [1.82, 2.24) is 10.6 Å². The van der Waals surface area contributed by atoms with E-state index in [0.29, 0.717) is 0 Å². The van der Waals surface area contributed by atoms with Crippen LogP contribution in [0.1, 0.15) is 26.2 Å². The standard InChI is InChI=1S/C9H15F3N2O3/c1-6(5-7(15)16)14-8(17)13-4-2-3-9(10,11)12/h6H,2-5H2,1H3,(H,15,16)(H2,13,14,17). The van der Waals surface area contributed by atoms with Gasteiger partial charge in [0.2, 0.25) is 0 Å². The average molecular weight is 256 g/mol. The number of hydrogen-bond donors (Lipinski definition) is 3. The Morgan fingerprint density at radius 1 is 1.35 bits per heavy atom. The van der Waals surface area contributed by atoms with E-state index in [1.807, 2.05) is 0 Å². The summed E-state index contributed by atoms with van der Waals surface area (Å²) in [5.41, 5.74) is 0. The number of nitrogens with one attached hydrogen (secondary N) is 2. The maximum Gasteiger partial charge on any atom is 0.389 e. The maximum atomic E-state index is 11.7. The third-order valence-electron chi connectivity index (χ3n) is 1.78. The summed E-state index contributed by atoms with van der Waals surface area (Å²) in [6.07, 6.45) is -5.63. The highest BCUT2D eigenvalue weighted by Gasteiger charge is 2.25. The molecule has 0 rings (SSSR count). The number of aliphatic carboxylic acids is 1. The Hall–Kier alpha value is -1.47. The van der Waals surface area contributed by atoms with Crippen molar-refractivity contribution >= 4 is 12.0 Å². The van der Waals surface area contributed by atoms with Gasteiger partial charge in [-0.3, -0.25) is 4.79 Å². The number of carboxylic acids is 1. The van der Waals surface area contributed by atoms with E-state index in [1.165, 1.54) is 6.92 Å². The highest BCUT2D eigenvalue weighted by Crippen LogP contribution is 2.20. The lowest BCUT2D eigenvalue weighted by Crippen LogP contribution is -2.42. The first-order chi connectivity index (χ1) is 7.70. The Bertz CT molecular complexity index is 269. The second kappa shape index (κ2) is 6.97. The molecule has 5 nitrogen and oxygen atoms in total. The van der Waals surface area contributed by atoms with Crippen LogP contribution >= 0.6 is 0 Å². The predicted molar refractivity (Wildman–Crippen MR) is 53.5 cm³/mol. The first kappa shape index (κ1) is 15.5. The molecule has 17 heavy (non-hydrogen) atoms. The minimum atomic E-state index is -4.23. The highest BCUT2D eigenvalue weighted by molar-refractivity contribution is 5.75. The van der Waals surface area contributed by atoms with Crippen molar-refractivity contribution in [3.63, 3.8) is 0 Å². The lowest BCUT2D eigenvalue weighted by Gasteiger charge is -2.12. The molecule has 3 N–H and O–H groups in total. The molecule has 0 aromatic carbocycles. The monoisotopic (exact) mass is 256 g/mol. The van der Waals surface area contributed by atoms with Crippen LogP contribution in [-0.4, -0.2) is 35.9 Å². The molecule has 0 aromatic rings. The number of carbonyl (C=O) groups excluding carboxylic acids is 1. The van der Waals surface area contributed by atoms with Gasteiger partial charge in [-0.2, -0.15) is 13.2 Å². The van der Waals surface area contributed by atoms with Gasteiger partial charge in [0.15, 0.2) is 0 Å². The van der Waals surface area contributed by atoms with E-state index in [1.54, 1.807) is 0 Å². The van der Waals surface area contributed by atoms with Gasteiger partial charge in [-0.25, -0.2) is 4.79 Å². The van der Waals surface area contributed by atoms with Gasteiger partial charge >= 0.3 is 18.2 Å². The number of alkyl halides is 3. The molecule has 1 atom stereocenters. The molecule has 0 aliphatic carbocycles. The van der Waals surface area contributed by atoms with E-state index in [4.69, 9.17) is 5.11 Å². The Labute approximate surface area is 96.4 Å². The SMILES string of the molecule is CC(CC(=O)O)NC(=O)NCCCC(F)(F)F. The second-order valence-corrected chi connectivity index (χ2v) is 3.62. The van der Waals surface area contributed by atoms with Crippen molar-refractivity contribution in [3.8, 4) is 0 Å². The summed E-state index contributed by atoms with van der Waals surface area (Å²) in [4.78, 5) is 21.3. The van der Waals surface area contributed by atoms with Crippen molar-refractivity contribution in [1.29, 1.82) is 0 Å². The summed E-state index contributed by atoms with van der Waals surface area (Å²) in [6.45, 7) is 1.38. The summed E-state index contributed by atoms with van der Waals surface area (Å²) in [5, 5.41) is 12.9. The summed E-state index contributed by atoms with van der Waals surface area (Å²) >= 11 is 0. The maximum absolute atomic E-state index is 11.7. The fraction of sp³-hybridized carbons (Fsp3) is 0.778. The highest BCUT2D eigenvalue weighted by atomic mass is 19.4. The van der Waals surface area contributed by atoms with Crippen LogP contribution in [0.5, 0.6) is 0 Å². The van der Waals surface area contributed by atoms with E-state index in [0.717, 1.165) is 0 Å². The van der Waals surface area contributed by atoms with Crippen LogP contribution in [-0.2, 0) is 4.79 Å². The van der Waals surface area contributed by atoms with Gasteiger partial charge in [0.25, 0.3) is 0 Å². The molecular formula is C9H15F3N2O3. The fourth-order valence-corrected chi connectivity index (χ4v) is 1.08. The molecule has 0 aliphatic heterocycles. The molecule has 100 valence electrons. The van der Waals surface area contributed by atoms with Crippen LogP contribution in [0.4, 0.5) is 18.0 Å². The summed E-state index contributed by atoms with van der Waals surface area (Å²) in [6, 6.07) is -1.24. The van der Waals surface area contributed by atoms with Crippen LogP contribution in [0.3, 0.4) is 0 Å². The number of amides is 2. The first-order valence-electron chi connectivity index (χ1n) is 5.03. The van der Waals surface area contributed by atoms with Crippen LogP contribution in [0.25, 0.3) is 0 Å². The van der Waals surface area contributed by atoms with E-state index >= 15 is 0 Å². The Balaban J connectivity index is 3.63. The average Bonchev–Trinajstić information content (AvgIpc) is 2.09. The van der Waals surface area contributed by atoms with Gasteiger partial charge in [-0.15, -0.1) is 0 Å². The van der Waals surface area contributed by atoms with Crippen LogP contribution in [0.15, 0.2) is 0 Å². The van der Waals surface area contributed by atoms with Gasteiger partial charge in [0, 0.05) is 19.0 Å². The minimum absolute atomic E-state index is 0.106. The summed E-state index contributed by atoms with van der Waals surface area (Å²) < 4.78 is 35.2. The topological polar surface area (TPSA) is 78.4 Å². The van der Waals surface area contributed by atoms with Gasteiger partial charge in [0.1, 0.15) is 0 Å². The van der Waals surface area contributed by atoms with Crippen molar-refractivity contribution in [2.24, 2.45) is 0 Å². The van der Waals surface area contributed by atoms with Gasteiger partial charge in [0.05, 0.1) is 6.42 Å². The van der Waals surface area contributed by atoms with Crippen molar-refractivity contribution in [2.45, 2.75) is 38.4 Å². The van der Waals surface area contributed by atoms with E-state index in [2.05, 4.69) is 10.6 Å². The molecule has 0 bridgehead atoms. The van der Waals surface area contributed by atoms with Crippen molar-refractivity contribution in [2.75, 3.05) is 6.54 Å². The van der Waals surface area contributed by atoms with E-state index in [9.17, 15) is 22.8 Å². The smallest absolute Gasteiger partial charge is 0.389 e. The number of halogens is 3. The third kappa shape index (κ3) is 10.8. The van der Waals surface area contributed by atoms with Crippen molar-refractivity contribution in [3.05, 3.63) is 0 Å². The van der Waals surface area contributed by atoms with Gasteiger partial charge < -0.3 is 15.7 Å². The number of hydrogen-bond acceptors (Lipinski definition) is 2. The zero-order chi connectivity index (χ0) is 13.5. The number of rotatable bonds is 6. The Morgan fingerprint density at radius 2 is 1.94 bits per heavy atom. The van der Waals surface area contributed by atoms with Crippen LogP contribution in [0.2, 0.25) is 0 Å². The molecule has 2 amide bonds. The molecule has 0 saturated heterocycles. The number of urea groups is 1. The summed E-state index contributed by atoms with van der Waals surface area (Å²) in [5.74, 6) is -1.06. The summed E-state index contributed by atoms with van der Waals surface area (Å²) in [7, 11) is 0. The normalized spacial score (nSPS) is 12.9. The van der Waals surface area contributed by atoms with E-state index < -0.39 is 30.6 Å². The zero-order valence-corrected chi connectivity index (χ0v) is 9.30. The minimum Gasteiger partial charge on any atom is -0.481 e. The zero-order valence-electron chi connectivity index (χ0n) is 9.30. The molecule has 0 spiro atoms. The molecule has 0 aromatic heterocycles. The lowest BCUT2D eigenvalue weighted by atomic mass is 10.2. The molecule has 0 saturated carbocycles. The predicted octanol–water partition coefficient (Wildman–Crippen LogP) is 1.49. The molecular weight excluding hydrogens is 241 g/mol. The molecule has 0 heterocycles. The molecule has 0 radical (unpaired) electrons. The van der Waals surface area contributed by atoms with E-state index in [-0.39, 0.29) is 19.4 Å². The third-order valence-corrected chi connectivity index (χ3v) is 1.78. The molecule has 1 unspecified atom stereocenters. The Morgan fingerprint density at radius 3 is 2.41 bits per heavy atom. The molecule has 8 heteroatoms.